The first-order valence-electron chi connectivity index (χ1n) is 16.6. The minimum Gasteiger partial charge on any atom is -0.455 e. The van der Waals surface area contributed by atoms with Crippen molar-refractivity contribution < 1.29 is 4.42 Å². The molecule has 0 radical (unpaired) electrons. The van der Waals surface area contributed by atoms with Crippen molar-refractivity contribution in [1.82, 2.24) is 0 Å². The molecule has 49 heavy (non-hydrogen) atoms. The van der Waals surface area contributed by atoms with Gasteiger partial charge in [-0.05, 0) is 76.7 Å². The van der Waals surface area contributed by atoms with Crippen molar-refractivity contribution in [2.24, 2.45) is 0 Å². The number of thiophene rings is 1. The van der Waals surface area contributed by atoms with E-state index < -0.39 is 0 Å². The average Bonchev–Trinajstić information content (AvgIpc) is 3.75. The molecule has 2 nitrogen and oxygen atoms in total. The standard InChI is InChI=1S/C46H29NOS/c1-2-11-30(12-3-1)31-21-25-34(26-22-31)47(41-18-10-19-42-45(41)38-27-23-32-13-4-5-15-36(32)46(38)48-42)40-17-8-6-14-35(40)33-24-28-44-39(29-33)37-16-7-9-20-43(37)49-44/h1-29H. The lowest BCUT2D eigenvalue weighted by Gasteiger charge is -2.28. The Morgan fingerprint density at radius 1 is 0.429 bits per heavy atom. The maximum Gasteiger partial charge on any atom is 0.143 e. The van der Waals surface area contributed by atoms with E-state index in [9.17, 15) is 0 Å². The van der Waals surface area contributed by atoms with Gasteiger partial charge in [-0.1, -0.05) is 121 Å². The van der Waals surface area contributed by atoms with Crippen LogP contribution in [-0.2, 0) is 0 Å². The van der Waals surface area contributed by atoms with Crippen molar-refractivity contribution in [2.45, 2.75) is 0 Å². The van der Waals surface area contributed by atoms with Gasteiger partial charge >= 0.3 is 0 Å². The maximum atomic E-state index is 6.67. The van der Waals surface area contributed by atoms with Gasteiger partial charge in [0.25, 0.3) is 0 Å². The van der Waals surface area contributed by atoms with Gasteiger partial charge in [0.2, 0.25) is 0 Å². The molecular weight excluding hydrogens is 615 g/mol. The van der Waals surface area contributed by atoms with E-state index in [2.05, 4.69) is 181 Å². The second kappa shape index (κ2) is 11.2. The van der Waals surface area contributed by atoms with Gasteiger partial charge in [0.15, 0.2) is 0 Å². The van der Waals surface area contributed by atoms with Crippen LogP contribution < -0.4 is 4.90 Å². The van der Waals surface area contributed by atoms with Crippen LogP contribution in [0.1, 0.15) is 0 Å². The van der Waals surface area contributed by atoms with E-state index in [1.54, 1.807) is 0 Å². The summed E-state index contributed by atoms with van der Waals surface area (Å²) in [7, 11) is 0. The minimum atomic E-state index is 0.874. The summed E-state index contributed by atoms with van der Waals surface area (Å²) in [5, 5.41) is 7.10. The van der Waals surface area contributed by atoms with Gasteiger partial charge in [0.1, 0.15) is 11.2 Å². The maximum absolute atomic E-state index is 6.67. The van der Waals surface area contributed by atoms with E-state index >= 15 is 0 Å². The first kappa shape index (κ1) is 27.9. The molecule has 8 aromatic carbocycles. The molecule has 230 valence electrons. The number of nitrogens with zero attached hydrogens (tertiary/aromatic N) is 1. The van der Waals surface area contributed by atoms with Gasteiger partial charge in [-0.25, -0.2) is 0 Å². The fraction of sp³-hybridized carbons (Fsp3) is 0. The topological polar surface area (TPSA) is 16.4 Å². The number of furan rings is 1. The van der Waals surface area contributed by atoms with Crippen molar-refractivity contribution in [2.75, 3.05) is 4.90 Å². The van der Waals surface area contributed by atoms with Crippen LogP contribution in [0.3, 0.4) is 0 Å². The third-order valence-corrected chi connectivity index (χ3v) is 10.8. The Morgan fingerprint density at radius 2 is 1.12 bits per heavy atom. The number of para-hydroxylation sites is 1. The smallest absolute Gasteiger partial charge is 0.143 e. The number of anilines is 3. The molecule has 0 saturated carbocycles. The lowest BCUT2D eigenvalue weighted by molar-refractivity contribution is 0.672. The highest BCUT2D eigenvalue weighted by atomic mass is 32.1. The van der Waals surface area contributed by atoms with Gasteiger partial charge in [-0.15, -0.1) is 11.3 Å². The normalized spacial score (nSPS) is 11.7. The summed E-state index contributed by atoms with van der Waals surface area (Å²) < 4.78 is 9.29. The lowest BCUT2D eigenvalue weighted by atomic mass is 9.98. The quantitative estimate of drug-likeness (QED) is 0.186. The number of hydrogen-bond donors (Lipinski definition) is 0. The predicted molar refractivity (Wildman–Crippen MR) is 210 cm³/mol. The van der Waals surface area contributed by atoms with Crippen LogP contribution in [0, 0.1) is 0 Å². The van der Waals surface area contributed by atoms with Crippen LogP contribution in [0.25, 0.3) is 75.1 Å². The zero-order chi connectivity index (χ0) is 32.3. The molecule has 0 N–H and O–H groups in total. The third-order valence-electron chi connectivity index (χ3n) is 9.67. The summed E-state index contributed by atoms with van der Waals surface area (Å²) >= 11 is 1.85. The van der Waals surface area contributed by atoms with Crippen LogP contribution >= 0.6 is 11.3 Å². The summed E-state index contributed by atoms with van der Waals surface area (Å²) in [5.74, 6) is 0. The van der Waals surface area contributed by atoms with Crippen molar-refractivity contribution in [3.63, 3.8) is 0 Å². The van der Waals surface area contributed by atoms with Gasteiger partial charge in [0.05, 0.1) is 16.8 Å². The van der Waals surface area contributed by atoms with Crippen molar-refractivity contribution >= 4 is 81.3 Å². The molecule has 0 bridgehead atoms. The van der Waals surface area contributed by atoms with Crippen LogP contribution in [-0.4, -0.2) is 0 Å². The molecular formula is C46H29NOS. The second-order valence-corrected chi connectivity index (χ2v) is 13.6. The first-order chi connectivity index (χ1) is 24.3. The van der Waals surface area contributed by atoms with Crippen LogP contribution in [0.2, 0.25) is 0 Å². The number of rotatable bonds is 5. The number of benzene rings is 8. The Balaban J connectivity index is 1.23. The SMILES string of the molecule is c1ccc(-c2ccc(N(c3ccccc3-c3ccc4sc5ccccc5c4c3)c3cccc4oc5c6ccccc6ccc5c34)cc2)cc1. The Labute approximate surface area is 287 Å². The predicted octanol–water partition coefficient (Wildman–Crippen LogP) is 13.9. The van der Waals surface area contributed by atoms with E-state index in [0.717, 1.165) is 44.4 Å². The van der Waals surface area contributed by atoms with E-state index in [0.29, 0.717) is 0 Å². The fourth-order valence-corrected chi connectivity index (χ4v) is 8.46. The lowest BCUT2D eigenvalue weighted by Crippen LogP contribution is -2.11. The molecule has 2 aromatic heterocycles. The Bertz CT molecular complexity index is 2830. The molecule has 10 rings (SSSR count). The summed E-state index contributed by atoms with van der Waals surface area (Å²) in [5.41, 5.74) is 9.80. The van der Waals surface area contributed by atoms with Crippen molar-refractivity contribution in [3.05, 3.63) is 176 Å². The monoisotopic (exact) mass is 643 g/mol. The summed E-state index contributed by atoms with van der Waals surface area (Å²) in [6.45, 7) is 0. The largest absolute Gasteiger partial charge is 0.455 e. The molecule has 0 aliphatic carbocycles. The number of hydrogen-bond acceptors (Lipinski definition) is 3. The van der Waals surface area contributed by atoms with Crippen LogP contribution in [0.4, 0.5) is 17.1 Å². The summed E-state index contributed by atoms with van der Waals surface area (Å²) in [4.78, 5) is 2.41. The number of fused-ring (bicyclic) bond motifs is 8. The molecule has 0 atom stereocenters. The zero-order valence-electron chi connectivity index (χ0n) is 26.5. The first-order valence-corrected chi connectivity index (χ1v) is 17.4. The van der Waals surface area contributed by atoms with Crippen LogP contribution in [0.15, 0.2) is 180 Å². The highest BCUT2D eigenvalue weighted by Crippen LogP contribution is 2.47. The van der Waals surface area contributed by atoms with E-state index in [4.69, 9.17) is 4.42 Å². The van der Waals surface area contributed by atoms with Crippen LogP contribution in [0.5, 0.6) is 0 Å². The van der Waals surface area contributed by atoms with E-state index in [1.165, 1.54) is 47.8 Å². The molecule has 0 unspecified atom stereocenters. The molecule has 0 spiro atoms. The van der Waals surface area contributed by atoms with Gasteiger partial charge in [0, 0.05) is 42.2 Å². The Kier molecular flexibility index (Phi) is 6.39. The van der Waals surface area contributed by atoms with Gasteiger partial charge in [-0.2, -0.15) is 0 Å². The molecule has 0 saturated heterocycles. The Morgan fingerprint density at radius 3 is 2.02 bits per heavy atom. The van der Waals surface area contributed by atoms with Crippen molar-refractivity contribution in [1.29, 1.82) is 0 Å². The summed E-state index contributed by atoms with van der Waals surface area (Å²) in [6.07, 6.45) is 0. The molecule has 0 fully saturated rings. The van der Waals surface area contributed by atoms with Crippen molar-refractivity contribution in [3.8, 4) is 22.3 Å². The van der Waals surface area contributed by atoms with Gasteiger partial charge in [-0.3, -0.25) is 0 Å². The minimum absolute atomic E-state index is 0.874. The third kappa shape index (κ3) is 4.55. The summed E-state index contributed by atoms with van der Waals surface area (Å²) in [6, 6.07) is 63.2. The highest BCUT2D eigenvalue weighted by molar-refractivity contribution is 7.25. The zero-order valence-corrected chi connectivity index (χ0v) is 27.3. The molecule has 0 aliphatic rings. The second-order valence-electron chi connectivity index (χ2n) is 12.5. The molecule has 2 heterocycles. The van der Waals surface area contributed by atoms with E-state index in [1.807, 2.05) is 11.3 Å². The molecule has 10 aromatic rings. The van der Waals surface area contributed by atoms with E-state index in [-0.39, 0.29) is 0 Å². The molecule has 0 aliphatic heterocycles. The van der Waals surface area contributed by atoms with Gasteiger partial charge < -0.3 is 9.32 Å². The average molecular weight is 644 g/mol. The fourth-order valence-electron chi connectivity index (χ4n) is 7.37. The highest BCUT2D eigenvalue weighted by Gasteiger charge is 2.23. The molecule has 3 heteroatoms. The Hall–Kier alpha value is -6.16. The molecule has 0 amide bonds.